The van der Waals surface area contributed by atoms with Gasteiger partial charge in [-0.15, -0.1) is 0 Å². The zero-order valence-corrected chi connectivity index (χ0v) is 10.00. The number of aryl methyl sites for hydroxylation is 1. The first kappa shape index (κ1) is 10.3. The number of aromatic nitrogens is 1. The highest BCUT2D eigenvalue weighted by molar-refractivity contribution is 9.10. The Bertz CT molecular complexity index is 556. The van der Waals surface area contributed by atoms with Gasteiger partial charge in [0.05, 0.1) is 17.1 Å². The number of ether oxygens (including phenoxy) is 1. The van der Waals surface area contributed by atoms with E-state index in [1.165, 1.54) is 0 Å². The van der Waals surface area contributed by atoms with Crippen molar-refractivity contribution in [1.29, 1.82) is 0 Å². The molecule has 80 valence electrons. The van der Waals surface area contributed by atoms with Crippen LogP contribution in [0, 0.1) is 0 Å². The van der Waals surface area contributed by atoms with E-state index in [0.717, 1.165) is 9.99 Å². The monoisotopic (exact) mass is 271 g/mol. The molecule has 2 aromatic rings. The van der Waals surface area contributed by atoms with Crippen LogP contribution in [0.25, 0.3) is 11.1 Å². The number of benzene rings is 1. The fourth-order valence-electron chi connectivity index (χ4n) is 1.52. The lowest BCUT2D eigenvalue weighted by Crippen LogP contribution is -2.12. The van der Waals surface area contributed by atoms with E-state index in [-0.39, 0.29) is 5.76 Å². The second kappa shape index (κ2) is 3.73. The quantitative estimate of drug-likeness (QED) is 0.843. The van der Waals surface area contributed by atoms with Gasteiger partial charge in [0.15, 0.2) is 5.58 Å². The second-order valence-electron chi connectivity index (χ2n) is 3.07. The molecule has 0 saturated heterocycles. The first-order valence-corrected chi connectivity index (χ1v) is 5.33. The van der Waals surface area contributed by atoms with Crippen molar-refractivity contribution in [3.63, 3.8) is 0 Å². The van der Waals surface area contributed by atoms with Gasteiger partial charge in [-0.1, -0.05) is 0 Å². The molecule has 0 atom stereocenters. The summed E-state index contributed by atoms with van der Waals surface area (Å²) in [4.78, 5) is 11.4. The van der Waals surface area contributed by atoms with Crippen LogP contribution in [0.3, 0.4) is 0 Å². The number of hydrogen-bond acceptors (Lipinski definition) is 3. The number of halogens is 1. The number of fused-ring (bicyclic) bond motifs is 1. The van der Waals surface area contributed by atoms with Gasteiger partial charge >= 0.3 is 5.76 Å². The molecule has 2 rings (SSSR count). The molecular weight excluding hydrogens is 262 g/mol. The Balaban J connectivity index is 2.82. The fourth-order valence-corrected chi connectivity index (χ4v) is 2.00. The van der Waals surface area contributed by atoms with E-state index < -0.39 is 0 Å². The molecule has 5 heteroatoms. The largest absolute Gasteiger partial charge is 0.495 e. The molecule has 4 nitrogen and oxygen atoms in total. The standard InChI is InChI=1S/C10H10BrNO3/c1-3-12-7-5-8(14-2)6(11)4-9(7)15-10(12)13/h4-5H,3H2,1-2H3. The van der Waals surface area contributed by atoms with E-state index in [0.29, 0.717) is 17.9 Å². The molecule has 1 heterocycles. The van der Waals surface area contributed by atoms with Crippen LogP contribution < -0.4 is 10.5 Å². The predicted molar refractivity (Wildman–Crippen MR) is 60.4 cm³/mol. The van der Waals surface area contributed by atoms with Crippen molar-refractivity contribution in [1.82, 2.24) is 4.57 Å². The van der Waals surface area contributed by atoms with Gasteiger partial charge in [0.1, 0.15) is 5.75 Å². The molecule has 0 fully saturated rings. The third-order valence-electron chi connectivity index (χ3n) is 2.26. The zero-order valence-electron chi connectivity index (χ0n) is 8.41. The van der Waals surface area contributed by atoms with Crippen LogP contribution in [0.5, 0.6) is 5.75 Å². The number of hydrogen-bond donors (Lipinski definition) is 0. The Morgan fingerprint density at radius 3 is 2.87 bits per heavy atom. The van der Waals surface area contributed by atoms with E-state index in [4.69, 9.17) is 9.15 Å². The van der Waals surface area contributed by atoms with Crippen molar-refractivity contribution in [2.24, 2.45) is 0 Å². The van der Waals surface area contributed by atoms with Gasteiger partial charge in [-0.05, 0) is 22.9 Å². The molecule has 0 aliphatic heterocycles. The summed E-state index contributed by atoms with van der Waals surface area (Å²) < 4.78 is 12.6. The minimum atomic E-state index is -0.340. The summed E-state index contributed by atoms with van der Waals surface area (Å²) in [6.07, 6.45) is 0. The molecule has 1 aromatic heterocycles. The average molecular weight is 272 g/mol. The third kappa shape index (κ3) is 1.56. The minimum absolute atomic E-state index is 0.340. The van der Waals surface area contributed by atoms with Crippen LogP contribution >= 0.6 is 15.9 Å². The van der Waals surface area contributed by atoms with Crippen molar-refractivity contribution in [3.8, 4) is 5.75 Å². The lowest BCUT2D eigenvalue weighted by molar-refractivity contribution is 0.412. The Morgan fingerprint density at radius 2 is 2.27 bits per heavy atom. The summed E-state index contributed by atoms with van der Waals surface area (Å²) >= 11 is 3.34. The van der Waals surface area contributed by atoms with Crippen LogP contribution in [0.15, 0.2) is 25.8 Å². The summed E-state index contributed by atoms with van der Waals surface area (Å²) in [6, 6.07) is 3.52. The summed E-state index contributed by atoms with van der Waals surface area (Å²) in [5.74, 6) is 0.346. The molecule has 1 aromatic carbocycles. The van der Waals surface area contributed by atoms with E-state index in [1.54, 1.807) is 23.8 Å². The molecule has 0 amide bonds. The third-order valence-corrected chi connectivity index (χ3v) is 2.88. The molecule has 0 saturated carbocycles. The average Bonchev–Trinajstić information content (AvgIpc) is 2.51. The fraction of sp³-hybridized carbons (Fsp3) is 0.300. The number of nitrogens with zero attached hydrogens (tertiary/aromatic N) is 1. The lowest BCUT2D eigenvalue weighted by Gasteiger charge is -2.03. The number of oxazole rings is 1. The summed E-state index contributed by atoms with van der Waals surface area (Å²) in [5, 5.41) is 0. The van der Waals surface area contributed by atoms with Crippen LogP contribution in [-0.4, -0.2) is 11.7 Å². The molecule has 0 bridgehead atoms. The molecule has 15 heavy (non-hydrogen) atoms. The number of methoxy groups -OCH3 is 1. The van der Waals surface area contributed by atoms with Gasteiger partial charge in [-0.2, -0.15) is 0 Å². The molecule has 0 aliphatic carbocycles. The minimum Gasteiger partial charge on any atom is -0.495 e. The highest BCUT2D eigenvalue weighted by Gasteiger charge is 2.11. The zero-order chi connectivity index (χ0) is 11.0. The molecule has 0 aliphatic rings. The van der Waals surface area contributed by atoms with Crippen molar-refractivity contribution in [2.45, 2.75) is 13.5 Å². The van der Waals surface area contributed by atoms with Gasteiger partial charge in [-0.3, -0.25) is 4.57 Å². The van der Waals surface area contributed by atoms with E-state index in [2.05, 4.69) is 15.9 Å². The van der Waals surface area contributed by atoms with Gasteiger partial charge < -0.3 is 9.15 Å². The molecule has 0 spiro atoms. The van der Waals surface area contributed by atoms with Crippen LogP contribution in [0.1, 0.15) is 6.92 Å². The maximum Gasteiger partial charge on any atom is 0.419 e. The Hall–Kier alpha value is -1.23. The van der Waals surface area contributed by atoms with Gasteiger partial charge in [0, 0.05) is 18.7 Å². The van der Waals surface area contributed by atoms with E-state index in [1.807, 2.05) is 6.92 Å². The lowest BCUT2D eigenvalue weighted by atomic mass is 10.3. The summed E-state index contributed by atoms with van der Waals surface area (Å²) in [7, 11) is 1.58. The van der Waals surface area contributed by atoms with E-state index >= 15 is 0 Å². The highest BCUT2D eigenvalue weighted by atomic mass is 79.9. The van der Waals surface area contributed by atoms with E-state index in [9.17, 15) is 4.79 Å². The van der Waals surface area contributed by atoms with Crippen LogP contribution in [0.2, 0.25) is 0 Å². The molecule has 0 radical (unpaired) electrons. The maximum absolute atomic E-state index is 11.4. The second-order valence-corrected chi connectivity index (χ2v) is 3.92. The normalized spacial score (nSPS) is 10.9. The Morgan fingerprint density at radius 1 is 1.53 bits per heavy atom. The van der Waals surface area contributed by atoms with Crippen LogP contribution in [0.4, 0.5) is 0 Å². The highest BCUT2D eigenvalue weighted by Crippen LogP contribution is 2.29. The van der Waals surface area contributed by atoms with Crippen molar-refractivity contribution < 1.29 is 9.15 Å². The van der Waals surface area contributed by atoms with Gasteiger partial charge in [0.2, 0.25) is 0 Å². The predicted octanol–water partition coefficient (Wildman–Crippen LogP) is 2.39. The van der Waals surface area contributed by atoms with Crippen molar-refractivity contribution >= 4 is 27.0 Å². The maximum atomic E-state index is 11.4. The number of rotatable bonds is 2. The van der Waals surface area contributed by atoms with Gasteiger partial charge in [0.25, 0.3) is 0 Å². The Labute approximate surface area is 94.6 Å². The molecular formula is C10H10BrNO3. The topological polar surface area (TPSA) is 44.4 Å². The van der Waals surface area contributed by atoms with Crippen molar-refractivity contribution in [2.75, 3.05) is 7.11 Å². The first-order valence-electron chi connectivity index (χ1n) is 4.54. The first-order chi connectivity index (χ1) is 7.17. The SMILES string of the molecule is CCn1c(=O)oc2cc(Br)c(OC)cc21. The van der Waals surface area contributed by atoms with Crippen LogP contribution in [-0.2, 0) is 6.54 Å². The summed E-state index contributed by atoms with van der Waals surface area (Å²) in [6.45, 7) is 2.47. The van der Waals surface area contributed by atoms with Crippen molar-refractivity contribution in [3.05, 3.63) is 27.2 Å². The molecule has 0 unspecified atom stereocenters. The summed E-state index contributed by atoms with van der Waals surface area (Å²) in [5.41, 5.74) is 1.32. The van der Waals surface area contributed by atoms with Gasteiger partial charge in [-0.25, -0.2) is 4.79 Å². The smallest absolute Gasteiger partial charge is 0.419 e. The Kier molecular flexibility index (Phi) is 2.56. The molecule has 0 N–H and O–H groups in total.